The van der Waals surface area contributed by atoms with Crippen molar-refractivity contribution in [2.75, 3.05) is 0 Å². The zero-order valence-electron chi connectivity index (χ0n) is 15.9. The molecule has 4 aromatic rings. The molecule has 0 saturated carbocycles. The second-order valence-electron chi connectivity index (χ2n) is 6.85. The van der Waals surface area contributed by atoms with Crippen LogP contribution in [0.15, 0.2) is 93.5 Å². The molecule has 5 rings (SSSR count). The summed E-state index contributed by atoms with van der Waals surface area (Å²) in [5.74, 6) is 0. The topological polar surface area (TPSA) is 91.3 Å². The van der Waals surface area contributed by atoms with Crippen LogP contribution in [0.25, 0.3) is 33.0 Å². The molecule has 0 saturated heterocycles. The molecule has 8 heteroatoms. The average molecular weight is 444 g/mol. The van der Waals surface area contributed by atoms with Crippen molar-refractivity contribution in [2.45, 2.75) is 14.7 Å². The molecule has 0 unspecified atom stereocenters. The molecule has 0 N–H and O–H groups in total. The molecule has 0 atom stereocenters. The van der Waals surface area contributed by atoms with Gasteiger partial charge in [0.15, 0.2) is 0 Å². The summed E-state index contributed by atoms with van der Waals surface area (Å²) in [7, 11) is -8.47. The molecule has 0 radical (unpaired) electrons. The second-order valence-corrected chi connectivity index (χ2v) is 10.1. The standard InChI is InChI=1S/C22H14O5S2.Na/c23-28(24)21-10-8-15(18-7-3-5-14-4-1-2-6-17(14)18)12-19(21)20-13-16(29(25,26)27)9-11-22(20)28;/h1-13H,(H,25,26,27);/q;+1/p-1. The van der Waals surface area contributed by atoms with Crippen LogP contribution in [0.4, 0.5) is 0 Å². The van der Waals surface area contributed by atoms with Crippen LogP contribution >= 0.6 is 0 Å². The molecular formula is C22H13NaO5S2. The van der Waals surface area contributed by atoms with Gasteiger partial charge < -0.3 is 4.55 Å². The summed E-state index contributed by atoms with van der Waals surface area (Å²) in [5.41, 5.74) is 2.37. The fraction of sp³-hybridized carbons (Fsp3) is 0. The van der Waals surface area contributed by atoms with E-state index in [0.29, 0.717) is 5.56 Å². The van der Waals surface area contributed by atoms with Crippen LogP contribution in [0.2, 0.25) is 0 Å². The summed E-state index contributed by atoms with van der Waals surface area (Å²) < 4.78 is 60.0. The first-order chi connectivity index (χ1) is 13.8. The van der Waals surface area contributed by atoms with Crippen molar-refractivity contribution < 1.29 is 50.9 Å². The molecule has 30 heavy (non-hydrogen) atoms. The van der Waals surface area contributed by atoms with Crippen molar-refractivity contribution >= 4 is 30.7 Å². The van der Waals surface area contributed by atoms with Crippen LogP contribution in [0.5, 0.6) is 0 Å². The van der Waals surface area contributed by atoms with Gasteiger partial charge in [-0.25, -0.2) is 16.8 Å². The molecule has 4 aromatic carbocycles. The van der Waals surface area contributed by atoms with E-state index in [4.69, 9.17) is 0 Å². The van der Waals surface area contributed by atoms with Gasteiger partial charge in [0, 0.05) is 11.1 Å². The number of rotatable bonds is 2. The van der Waals surface area contributed by atoms with Gasteiger partial charge >= 0.3 is 29.6 Å². The van der Waals surface area contributed by atoms with Crippen molar-refractivity contribution in [1.82, 2.24) is 0 Å². The summed E-state index contributed by atoms with van der Waals surface area (Å²) in [6.07, 6.45) is 0. The molecule has 0 aromatic heterocycles. The smallest absolute Gasteiger partial charge is 0.744 e. The minimum atomic E-state index is -4.70. The monoisotopic (exact) mass is 444 g/mol. The van der Waals surface area contributed by atoms with E-state index in [-0.39, 0.29) is 44.9 Å². The third kappa shape index (κ3) is 3.22. The van der Waals surface area contributed by atoms with E-state index in [0.717, 1.165) is 34.0 Å². The minimum Gasteiger partial charge on any atom is -0.744 e. The summed E-state index contributed by atoms with van der Waals surface area (Å²) in [5, 5.41) is 2.07. The molecular weight excluding hydrogens is 431 g/mol. The maximum Gasteiger partial charge on any atom is 1.00 e. The van der Waals surface area contributed by atoms with Crippen LogP contribution in [-0.4, -0.2) is 21.4 Å². The van der Waals surface area contributed by atoms with Gasteiger partial charge in [0.2, 0.25) is 9.84 Å². The molecule has 144 valence electrons. The first-order valence-electron chi connectivity index (χ1n) is 8.74. The number of fused-ring (bicyclic) bond motifs is 4. The van der Waals surface area contributed by atoms with Gasteiger partial charge in [0.25, 0.3) is 0 Å². The van der Waals surface area contributed by atoms with Crippen molar-refractivity contribution in [3.63, 3.8) is 0 Å². The third-order valence-corrected chi connectivity index (χ3v) is 7.89. The molecule has 0 fully saturated rings. The van der Waals surface area contributed by atoms with Crippen LogP contribution in [-0.2, 0) is 20.0 Å². The Bertz CT molecular complexity index is 1540. The first-order valence-corrected chi connectivity index (χ1v) is 11.6. The Labute approximate surface area is 196 Å². The van der Waals surface area contributed by atoms with Gasteiger partial charge in [-0.2, -0.15) is 0 Å². The predicted octanol–water partition coefficient (Wildman–Crippen LogP) is 1.23. The van der Waals surface area contributed by atoms with E-state index < -0.39 is 24.9 Å². The van der Waals surface area contributed by atoms with Gasteiger partial charge in [0.1, 0.15) is 10.1 Å². The van der Waals surface area contributed by atoms with Gasteiger partial charge in [-0.15, -0.1) is 0 Å². The average Bonchev–Trinajstić information content (AvgIpc) is 2.93. The van der Waals surface area contributed by atoms with Gasteiger partial charge in [-0.05, 0) is 52.2 Å². The fourth-order valence-corrected chi connectivity index (χ4v) is 5.99. The van der Waals surface area contributed by atoms with Gasteiger partial charge in [-0.3, -0.25) is 0 Å². The SMILES string of the molecule is O=S(=O)([O-])c1ccc2c(c1)-c1cc(-c3cccc4ccccc34)ccc1S2(=O)=O.[Na+]. The summed E-state index contributed by atoms with van der Waals surface area (Å²) >= 11 is 0. The summed E-state index contributed by atoms with van der Waals surface area (Å²) in [6, 6.07) is 22.1. The van der Waals surface area contributed by atoms with Crippen molar-refractivity contribution in [1.29, 1.82) is 0 Å². The van der Waals surface area contributed by atoms with Crippen molar-refractivity contribution in [3.8, 4) is 22.3 Å². The Kier molecular flexibility index (Phi) is 5.17. The fourth-order valence-electron chi connectivity index (χ4n) is 3.85. The van der Waals surface area contributed by atoms with E-state index in [1.165, 1.54) is 12.1 Å². The molecule has 0 bridgehead atoms. The zero-order valence-corrected chi connectivity index (χ0v) is 19.5. The molecule has 5 nitrogen and oxygen atoms in total. The number of hydrogen-bond donors (Lipinski definition) is 0. The van der Waals surface area contributed by atoms with E-state index in [1.807, 2.05) is 42.5 Å². The molecule has 0 aliphatic carbocycles. The summed E-state index contributed by atoms with van der Waals surface area (Å²) in [4.78, 5) is -0.332. The Hall–Kier alpha value is -2.00. The van der Waals surface area contributed by atoms with Gasteiger partial charge in [0.05, 0.1) is 14.7 Å². The maximum atomic E-state index is 12.9. The van der Waals surface area contributed by atoms with Crippen LogP contribution in [0, 0.1) is 0 Å². The molecule has 1 heterocycles. The molecule has 1 aliphatic rings. The van der Waals surface area contributed by atoms with Gasteiger partial charge in [-0.1, -0.05) is 48.5 Å². The Morgan fingerprint density at radius 2 is 1.33 bits per heavy atom. The molecule has 0 spiro atoms. The first kappa shape index (κ1) is 21.2. The van der Waals surface area contributed by atoms with Crippen molar-refractivity contribution in [2.24, 2.45) is 0 Å². The van der Waals surface area contributed by atoms with E-state index >= 15 is 0 Å². The number of benzene rings is 4. The molecule has 0 amide bonds. The summed E-state index contributed by atoms with van der Waals surface area (Å²) in [6.45, 7) is 0. The Morgan fingerprint density at radius 1 is 0.700 bits per heavy atom. The minimum absolute atomic E-state index is 0. The van der Waals surface area contributed by atoms with Crippen LogP contribution in [0.3, 0.4) is 0 Å². The maximum absolute atomic E-state index is 12.9. The Balaban J connectivity index is 0.00000218. The number of hydrogen-bond acceptors (Lipinski definition) is 5. The van der Waals surface area contributed by atoms with Crippen molar-refractivity contribution in [3.05, 3.63) is 78.9 Å². The third-order valence-electron chi connectivity index (χ3n) is 5.19. The number of sulfone groups is 1. The van der Waals surface area contributed by atoms with E-state index in [1.54, 1.807) is 12.1 Å². The van der Waals surface area contributed by atoms with E-state index in [2.05, 4.69) is 0 Å². The largest absolute Gasteiger partial charge is 1.00 e. The predicted molar refractivity (Wildman–Crippen MR) is 108 cm³/mol. The second kappa shape index (κ2) is 7.30. The normalized spacial score (nSPS) is 14.0. The van der Waals surface area contributed by atoms with Crippen LogP contribution < -0.4 is 29.6 Å². The zero-order chi connectivity index (χ0) is 20.4. The Morgan fingerprint density at radius 3 is 2.07 bits per heavy atom. The van der Waals surface area contributed by atoms with Crippen LogP contribution in [0.1, 0.15) is 0 Å². The molecule has 1 aliphatic heterocycles. The quantitative estimate of drug-likeness (QED) is 0.302. The van der Waals surface area contributed by atoms with E-state index in [9.17, 15) is 21.4 Å².